The van der Waals surface area contributed by atoms with Crippen LogP contribution in [0.5, 0.6) is 46.0 Å². The summed E-state index contributed by atoms with van der Waals surface area (Å²) in [6.07, 6.45) is -20.8. The van der Waals surface area contributed by atoms with Gasteiger partial charge < -0.3 is 107 Å². The number of hydrogen-bond acceptors (Lipinski definition) is 24. The molecule has 6 aliphatic heterocycles. The maximum Gasteiger partial charge on any atom is 0.237 e. The number of fused-ring (bicyclic) bond motifs is 15. The molecule has 0 radical (unpaired) electrons. The highest BCUT2D eigenvalue weighted by Crippen LogP contribution is 2.50. The molecule has 0 aromatic heterocycles. The summed E-state index contributed by atoms with van der Waals surface area (Å²) in [6, 6.07) is 10.9. The molecule has 18 N–H and O–H groups in total. The Labute approximate surface area is 578 Å². The molecular weight excluding hydrogens is 1340 g/mol. The van der Waals surface area contributed by atoms with Gasteiger partial charge in [0.2, 0.25) is 29.4 Å². The molecule has 30 heteroatoms. The van der Waals surface area contributed by atoms with Gasteiger partial charge in [0.1, 0.15) is 83.2 Å². The van der Waals surface area contributed by atoms with Gasteiger partial charge in [-0.1, -0.05) is 55.2 Å². The van der Waals surface area contributed by atoms with Crippen molar-refractivity contribution in [2.24, 2.45) is 29.2 Å². The van der Waals surface area contributed by atoms with Gasteiger partial charge in [0.05, 0.1) is 52.8 Å². The summed E-state index contributed by atoms with van der Waals surface area (Å²) >= 11 is 14.2. The van der Waals surface area contributed by atoms with E-state index in [0.717, 1.165) is 18.2 Å². The van der Waals surface area contributed by atoms with Crippen LogP contribution in [0.15, 0.2) is 78.9 Å². The molecule has 0 aliphatic carbocycles. The molecule has 6 aliphatic rings. The third-order valence-electron chi connectivity index (χ3n) is 18.3. The summed E-state index contributed by atoms with van der Waals surface area (Å²) in [5.41, 5.74) is 10.3. The fraction of sp³-hybridized carbons (Fsp3) is 0.464. The molecule has 5 unspecified atom stereocenters. The van der Waals surface area contributed by atoms with Crippen molar-refractivity contribution in [1.29, 1.82) is 0 Å². The van der Waals surface area contributed by atoms with Crippen molar-refractivity contribution in [2.75, 3.05) is 13.7 Å². The number of ketones is 3. The molecule has 5 aromatic rings. The minimum absolute atomic E-state index is 0.0283. The standard InChI is InChI=1S/C69H82Cl2N6O22/c1-28(2)13-43(74-6)68(94)77-58-47(83)18-35(21-54(72)86)66(92)76-57-34-19-52(64(53(20-34)98-51-12-9-33(60(58)88)17-42(51)71)96-29(3)63(62(90)61(89)49(85)27-78)99-55-25-69(5,73)65(91)30(4)95-55)97-50-11-8-32(16-41(50)70)59(87)40-24-45(81)38(23-48(57)84)31-7-10-44(80)39(15-31)56-36(26-75-67(40)93)14-37(79)22-46(56)82/h7-12,14-17,19-20,22,28-30,35,38,40,43,49,55,57-63,65,74,78-80,82,85,87-91H,13,18,21,23-27,73H2,1-6H3,(H2,72,86)(H,75,93)(H,76,92)(H,77,94)/t29-,30+,35+,38+,40+,43-,49?,55?,57-,58+,59-,60-,61?,62+,63?,65-,69?/m1/s1. The number of likely N-dealkylation sites (N-methyl/N-ethyl adjacent to an activating group) is 1. The molecule has 534 valence electrons. The molecule has 4 amide bonds. The molecule has 0 saturated carbocycles. The number of halogens is 2. The largest absolute Gasteiger partial charge is 0.508 e. The summed E-state index contributed by atoms with van der Waals surface area (Å²) in [5.74, 6) is -15.8. The van der Waals surface area contributed by atoms with Crippen molar-refractivity contribution >= 4 is 64.2 Å². The maximum absolute atomic E-state index is 16.1. The second kappa shape index (κ2) is 31.2. The van der Waals surface area contributed by atoms with Crippen LogP contribution in [0.3, 0.4) is 0 Å². The molecule has 11 rings (SSSR count). The minimum atomic E-state index is -2.18. The lowest BCUT2D eigenvalue weighted by atomic mass is 9.80. The molecule has 99 heavy (non-hydrogen) atoms. The van der Waals surface area contributed by atoms with Crippen LogP contribution in [-0.4, -0.2) is 172 Å². The van der Waals surface area contributed by atoms with Gasteiger partial charge in [-0.2, -0.15) is 0 Å². The van der Waals surface area contributed by atoms with Gasteiger partial charge in [0, 0.05) is 67.3 Å². The number of phenols is 3. The lowest BCUT2D eigenvalue weighted by Gasteiger charge is -2.44. The Hall–Kier alpha value is -8.07. The zero-order valence-electron chi connectivity index (χ0n) is 54.8. The predicted octanol–water partition coefficient (Wildman–Crippen LogP) is 3.57. The van der Waals surface area contributed by atoms with Crippen LogP contribution < -0.4 is 46.9 Å². The Bertz CT molecular complexity index is 3900. The maximum atomic E-state index is 16.1. The molecule has 5 aromatic carbocycles. The van der Waals surface area contributed by atoms with Gasteiger partial charge in [-0.3, -0.25) is 33.6 Å². The summed E-state index contributed by atoms with van der Waals surface area (Å²) in [7, 11) is 1.51. The number of nitrogens with two attached hydrogens (primary N) is 2. The van der Waals surface area contributed by atoms with Crippen molar-refractivity contribution < 1.29 is 108 Å². The average molecular weight is 1420 g/mol. The number of aliphatic hydroxyl groups excluding tert-OH is 7. The monoisotopic (exact) mass is 1420 g/mol. The smallest absolute Gasteiger partial charge is 0.237 e. The zero-order valence-corrected chi connectivity index (χ0v) is 56.3. The second-order valence-electron chi connectivity index (χ2n) is 26.3. The molecular formula is C69H82Cl2N6O22. The van der Waals surface area contributed by atoms with Crippen molar-refractivity contribution in [1.82, 2.24) is 21.3 Å². The fourth-order valence-corrected chi connectivity index (χ4v) is 13.3. The lowest BCUT2D eigenvalue weighted by molar-refractivity contribution is -0.277. The van der Waals surface area contributed by atoms with E-state index in [1.54, 1.807) is 0 Å². The van der Waals surface area contributed by atoms with E-state index >= 15 is 14.4 Å². The molecule has 6 heterocycles. The molecule has 28 nitrogen and oxygen atoms in total. The molecule has 0 spiro atoms. The summed E-state index contributed by atoms with van der Waals surface area (Å²) in [6.45, 7) is 6.53. The summed E-state index contributed by atoms with van der Waals surface area (Å²) < 4.78 is 32.4. The predicted molar refractivity (Wildman–Crippen MR) is 353 cm³/mol. The summed E-state index contributed by atoms with van der Waals surface area (Å²) in [5, 5.41) is 124. The Balaban J connectivity index is 1.32. The van der Waals surface area contributed by atoms with Gasteiger partial charge >= 0.3 is 0 Å². The van der Waals surface area contributed by atoms with E-state index in [2.05, 4.69) is 21.3 Å². The van der Waals surface area contributed by atoms with E-state index in [0.29, 0.717) is 0 Å². The number of benzene rings is 5. The number of ether oxygens (including phenoxy) is 5. The van der Waals surface area contributed by atoms with Crippen LogP contribution in [0, 0.1) is 17.8 Å². The van der Waals surface area contributed by atoms with Gasteiger partial charge in [-0.15, -0.1) is 0 Å². The van der Waals surface area contributed by atoms with Crippen LogP contribution in [0.25, 0.3) is 11.1 Å². The Morgan fingerprint density at radius 3 is 1.97 bits per heavy atom. The highest BCUT2D eigenvalue weighted by atomic mass is 35.5. The molecule has 1 fully saturated rings. The second-order valence-corrected chi connectivity index (χ2v) is 27.1. The van der Waals surface area contributed by atoms with E-state index in [-0.39, 0.29) is 79.2 Å². The normalized spacial score (nSPS) is 26.3. The van der Waals surface area contributed by atoms with Gasteiger partial charge in [-0.05, 0) is 123 Å². The third-order valence-corrected chi connectivity index (χ3v) is 18.9. The SMILES string of the molecule is CN[C@H](CC(C)C)C(=O)N[C@H]1C(=O)C[C@@H](CC(N)=O)C(=O)N[C@H]2C(=O)C[C@@H]3C(=O)C[C@H](C(=O)NCc4cc(O)cc(O)c4-c4cc3ccc4O)[C@H](O)c3ccc(c(Cl)c3)Oc3cc2cc(c3O[C@H](C)C(OC2CC(C)(N)[C@H](O)[C@H](C)O2)[C@@H](O)C(O)C(O)CO)Oc2ccc(cc2Cl)[C@H]1O. The number of Topliss-reactive ketones (excluding diaryl/α,β-unsaturated/α-hetero) is 3. The van der Waals surface area contributed by atoms with Gasteiger partial charge in [-0.25, -0.2) is 0 Å². The van der Waals surface area contributed by atoms with Crippen LogP contribution >= 0.6 is 23.2 Å². The number of primary amides is 1. The number of hydrogen-bond donors (Lipinski definition) is 16. The number of aromatic hydroxyl groups is 3. The van der Waals surface area contributed by atoms with Crippen molar-refractivity contribution in [2.45, 2.75) is 170 Å². The lowest BCUT2D eigenvalue weighted by Crippen LogP contribution is -2.62. The minimum Gasteiger partial charge on any atom is -0.508 e. The number of phenolic OH excluding ortho intramolecular Hbond substituents is 3. The van der Waals surface area contributed by atoms with E-state index in [1.807, 2.05) is 13.8 Å². The van der Waals surface area contributed by atoms with Crippen LogP contribution in [0.2, 0.25) is 10.0 Å². The number of carbonyl (C=O) groups excluding carboxylic acids is 7. The highest BCUT2D eigenvalue weighted by Gasteiger charge is 2.47. The van der Waals surface area contributed by atoms with Crippen LogP contribution in [-0.2, 0) is 49.6 Å². The van der Waals surface area contributed by atoms with E-state index in [1.165, 1.54) is 88.5 Å². The topological polar surface area (TPSA) is 468 Å². The quantitative estimate of drug-likeness (QED) is 0.0671. The van der Waals surface area contributed by atoms with E-state index in [9.17, 15) is 70.2 Å². The van der Waals surface area contributed by atoms with E-state index in [4.69, 9.17) is 58.4 Å². The number of nitrogens with one attached hydrogen (secondary N) is 4. The van der Waals surface area contributed by atoms with Crippen LogP contribution in [0.4, 0.5) is 0 Å². The van der Waals surface area contributed by atoms with E-state index < -0.39 is 217 Å². The van der Waals surface area contributed by atoms with Crippen molar-refractivity contribution in [3.05, 3.63) is 117 Å². The number of aliphatic hydroxyl groups is 7. The Kier molecular flexibility index (Phi) is 23.7. The van der Waals surface area contributed by atoms with Gasteiger partial charge in [0.25, 0.3) is 0 Å². The molecule has 1 saturated heterocycles. The number of rotatable bonds is 16. The number of amides is 4. The number of carbonyl (C=O) groups is 7. The molecule has 17 atom stereocenters. The first-order valence-electron chi connectivity index (χ1n) is 32.1. The third kappa shape index (κ3) is 16.9. The average Bonchev–Trinajstić information content (AvgIpc) is 0.776. The Morgan fingerprint density at radius 2 is 1.38 bits per heavy atom. The Morgan fingerprint density at radius 1 is 0.758 bits per heavy atom. The zero-order chi connectivity index (χ0) is 72.4. The first-order chi connectivity index (χ1) is 46.7. The van der Waals surface area contributed by atoms with Crippen molar-refractivity contribution in [3.63, 3.8) is 0 Å². The van der Waals surface area contributed by atoms with Gasteiger partial charge in [0.15, 0.2) is 29.4 Å². The summed E-state index contributed by atoms with van der Waals surface area (Å²) in [4.78, 5) is 104. The first-order valence-corrected chi connectivity index (χ1v) is 32.8. The van der Waals surface area contributed by atoms with Crippen molar-refractivity contribution in [3.8, 4) is 57.1 Å². The molecule has 11 bridgehead atoms. The highest BCUT2D eigenvalue weighted by molar-refractivity contribution is 6.32. The van der Waals surface area contributed by atoms with Crippen LogP contribution in [0.1, 0.15) is 125 Å². The first kappa shape index (κ1) is 75.1. The fourth-order valence-electron chi connectivity index (χ4n) is 12.9.